The standard InChI is InChI=1S/C7H15O6P/c1-4-7(11-2)6(8)5(13-4)3-12-14(9)10/h4-8,14H,3H2,1-2H3,(H,9,10)/t4-,5?,6+,7-/m0/s1. The molecule has 1 aliphatic rings. The van der Waals surface area contributed by atoms with Gasteiger partial charge in [-0.05, 0) is 6.92 Å². The van der Waals surface area contributed by atoms with Gasteiger partial charge in [0, 0.05) is 7.11 Å². The molecule has 0 saturated carbocycles. The smallest absolute Gasteiger partial charge is 0.316 e. The topological polar surface area (TPSA) is 85.2 Å². The number of rotatable bonds is 4. The van der Waals surface area contributed by atoms with Crippen LogP contribution in [-0.2, 0) is 18.6 Å². The lowest BCUT2D eigenvalue weighted by Crippen LogP contribution is -2.35. The minimum Gasteiger partial charge on any atom is -0.387 e. The van der Waals surface area contributed by atoms with Crippen molar-refractivity contribution in [2.24, 2.45) is 0 Å². The van der Waals surface area contributed by atoms with Gasteiger partial charge in [-0.15, -0.1) is 0 Å². The van der Waals surface area contributed by atoms with Gasteiger partial charge in [-0.1, -0.05) is 0 Å². The maximum Gasteiger partial charge on any atom is 0.316 e. The first-order chi connectivity index (χ1) is 6.56. The molecule has 0 spiro atoms. The first-order valence-corrected chi connectivity index (χ1v) is 5.54. The minimum absolute atomic E-state index is 0.0976. The van der Waals surface area contributed by atoms with Gasteiger partial charge in [0.2, 0.25) is 0 Å². The highest BCUT2D eigenvalue weighted by Gasteiger charge is 2.41. The second kappa shape index (κ2) is 5.21. The maximum atomic E-state index is 10.3. The summed E-state index contributed by atoms with van der Waals surface area (Å²) in [5.74, 6) is 0. The van der Waals surface area contributed by atoms with E-state index in [4.69, 9.17) is 14.4 Å². The van der Waals surface area contributed by atoms with Crippen LogP contribution in [0.1, 0.15) is 6.92 Å². The number of methoxy groups -OCH3 is 1. The van der Waals surface area contributed by atoms with E-state index in [2.05, 4.69) is 4.52 Å². The molecule has 2 unspecified atom stereocenters. The molecule has 0 aromatic rings. The molecule has 2 N–H and O–H groups in total. The highest BCUT2D eigenvalue weighted by molar-refractivity contribution is 7.32. The third-order valence-corrected chi connectivity index (χ3v) is 2.63. The number of hydrogen-bond acceptors (Lipinski definition) is 5. The molecule has 0 aromatic heterocycles. The summed E-state index contributed by atoms with van der Waals surface area (Å²) in [5, 5.41) is 9.63. The predicted molar refractivity (Wildman–Crippen MR) is 48.3 cm³/mol. The van der Waals surface area contributed by atoms with E-state index in [1.807, 2.05) is 0 Å². The van der Waals surface area contributed by atoms with E-state index in [0.29, 0.717) is 0 Å². The van der Waals surface area contributed by atoms with Crippen molar-refractivity contribution in [3.63, 3.8) is 0 Å². The summed E-state index contributed by atoms with van der Waals surface area (Å²) >= 11 is 0. The Morgan fingerprint density at radius 3 is 2.64 bits per heavy atom. The highest BCUT2D eigenvalue weighted by atomic mass is 31.1. The minimum atomic E-state index is -2.97. The number of ether oxygens (including phenoxy) is 2. The summed E-state index contributed by atoms with van der Waals surface area (Å²) in [6.07, 6.45) is -2.08. The molecular weight excluding hydrogens is 211 g/mol. The molecule has 1 aliphatic heterocycles. The van der Waals surface area contributed by atoms with Crippen LogP contribution in [0.4, 0.5) is 0 Å². The van der Waals surface area contributed by atoms with Crippen molar-refractivity contribution < 1.29 is 28.6 Å². The van der Waals surface area contributed by atoms with Gasteiger partial charge in [-0.2, -0.15) is 0 Å². The molecule has 0 bridgehead atoms. The van der Waals surface area contributed by atoms with Crippen LogP contribution in [-0.4, -0.2) is 48.1 Å². The van der Waals surface area contributed by atoms with Crippen LogP contribution in [0.25, 0.3) is 0 Å². The van der Waals surface area contributed by atoms with Crippen LogP contribution in [0.15, 0.2) is 0 Å². The fourth-order valence-corrected chi connectivity index (χ4v) is 1.85. The van der Waals surface area contributed by atoms with Gasteiger partial charge in [0.25, 0.3) is 0 Å². The Balaban J connectivity index is 2.44. The zero-order valence-corrected chi connectivity index (χ0v) is 9.04. The van der Waals surface area contributed by atoms with Crippen molar-refractivity contribution in [1.82, 2.24) is 0 Å². The van der Waals surface area contributed by atoms with Crippen LogP contribution >= 0.6 is 8.25 Å². The molecule has 1 heterocycles. The molecule has 1 saturated heterocycles. The van der Waals surface area contributed by atoms with E-state index in [1.54, 1.807) is 6.92 Å². The van der Waals surface area contributed by atoms with Gasteiger partial charge in [0.1, 0.15) is 18.3 Å². The maximum absolute atomic E-state index is 10.3. The van der Waals surface area contributed by atoms with Gasteiger partial charge in [-0.3, -0.25) is 4.57 Å². The molecule has 0 aromatic carbocycles. The van der Waals surface area contributed by atoms with Gasteiger partial charge < -0.3 is 24.0 Å². The van der Waals surface area contributed by atoms with E-state index in [0.717, 1.165) is 0 Å². The van der Waals surface area contributed by atoms with Gasteiger partial charge in [0.15, 0.2) is 0 Å². The van der Waals surface area contributed by atoms with E-state index in [1.165, 1.54) is 7.11 Å². The molecule has 0 aliphatic carbocycles. The number of aliphatic hydroxyl groups excluding tert-OH is 1. The fraction of sp³-hybridized carbons (Fsp3) is 1.00. The first kappa shape index (κ1) is 12.1. The third-order valence-electron chi connectivity index (χ3n) is 2.21. The molecule has 1 rings (SSSR count). The monoisotopic (exact) mass is 226 g/mol. The van der Waals surface area contributed by atoms with Crippen LogP contribution in [0.5, 0.6) is 0 Å². The normalized spacial score (nSPS) is 40.0. The lowest BCUT2D eigenvalue weighted by molar-refractivity contribution is -0.0118. The van der Waals surface area contributed by atoms with Crippen molar-refractivity contribution in [2.75, 3.05) is 13.7 Å². The molecule has 6 nitrogen and oxygen atoms in total. The van der Waals surface area contributed by atoms with Gasteiger partial charge in [-0.25, -0.2) is 0 Å². The van der Waals surface area contributed by atoms with Gasteiger partial charge in [0.05, 0.1) is 12.7 Å². The lowest BCUT2D eigenvalue weighted by Gasteiger charge is -2.15. The molecule has 5 atom stereocenters. The van der Waals surface area contributed by atoms with Crippen molar-refractivity contribution in [3.05, 3.63) is 0 Å². The lowest BCUT2D eigenvalue weighted by atomic mass is 10.1. The summed E-state index contributed by atoms with van der Waals surface area (Å²) in [6.45, 7) is 1.67. The van der Waals surface area contributed by atoms with E-state index >= 15 is 0 Å². The quantitative estimate of drug-likeness (QED) is 0.631. The zero-order chi connectivity index (χ0) is 10.7. The second-order valence-electron chi connectivity index (χ2n) is 3.15. The Hall–Kier alpha value is 0.0300. The average Bonchev–Trinajstić information content (AvgIpc) is 2.38. The first-order valence-electron chi connectivity index (χ1n) is 4.28. The molecule has 0 radical (unpaired) electrons. The Morgan fingerprint density at radius 1 is 1.57 bits per heavy atom. The predicted octanol–water partition coefficient (Wildman–Crippen LogP) is -0.452. The highest BCUT2D eigenvalue weighted by Crippen LogP contribution is 2.26. The van der Waals surface area contributed by atoms with E-state index < -0.39 is 26.6 Å². The second-order valence-corrected chi connectivity index (χ2v) is 3.97. The molecule has 14 heavy (non-hydrogen) atoms. The number of hydrogen-bond donors (Lipinski definition) is 2. The van der Waals surface area contributed by atoms with Crippen LogP contribution in [0.2, 0.25) is 0 Å². The Morgan fingerprint density at radius 2 is 2.21 bits per heavy atom. The Bertz CT molecular complexity index is 210. The molecular formula is C7H15O6P. The van der Waals surface area contributed by atoms with Crippen LogP contribution in [0, 0.1) is 0 Å². The summed E-state index contributed by atoms with van der Waals surface area (Å²) in [7, 11) is -1.49. The third kappa shape index (κ3) is 2.76. The van der Waals surface area contributed by atoms with Crippen molar-refractivity contribution in [2.45, 2.75) is 31.3 Å². The summed E-state index contributed by atoms with van der Waals surface area (Å²) in [6, 6.07) is 0. The Kier molecular flexibility index (Phi) is 4.50. The van der Waals surface area contributed by atoms with Crippen LogP contribution < -0.4 is 0 Å². The molecule has 84 valence electrons. The SMILES string of the molecule is CO[C@H]1[C@H](C)OC(CO[PH](=O)O)[C@H]1O. The Labute approximate surface area is 82.7 Å². The van der Waals surface area contributed by atoms with Crippen molar-refractivity contribution >= 4 is 8.25 Å². The van der Waals surface area contributed by atoms with Crippen molar-refractivity contribution in [1.29, 1.82) is 0 Å². The largest absolute Gasteiger partial charge is 0.387 e. The zero-order valence-electron chi connectivity index (χ0n) is 8.04. The molecule has 0 amide bonds. The summed E-state index contributed by atoms with van der Waals surface area (Å²) < 4.78 is 25.1. The molecule has 1 fully saturated rings. The fourth-order valence-electron chi connectivity index (χ4n) is 1.55. The molecule has 7 heteroatoms. The van der Waals surface area contributed by atoms with E-state index in [9.17, 15) is 9.67 Å². The van der Waals surface area contributed by atoms with Gasteiger partial charge >= 0.3 is 8.25 Å². The van der Waals surface area contributed by atoms with Crippen molar-refractivity contribution in [3.8, 4) is 0 Å². The summed E-state index contributed by atoms with van der Waals surface area (Å²) in [5.41, 5.74) is 0. The number of aliphatic hydroxyl groups is 1. The average molecular weight is 226 g/mol. The van der Waals surface area contributed by atoms with E-state index in [-0.39, 0.29) is 12.7 Å². The van der Waals surface area contributed by atoms with Crippen LogP contribution in [0.3, 0.4) is 0 Å². The summed E-state index contributed by atoms with van der Waals surface area (Å²) in [4.78, 5) is 8.44.